The third-order valence-electron chi connectivity index (χ3n) is 0.374. The fourth-order valence-corrected chi connectivity index (χ4v) is 0.193. The summed E-state index contributed by atoms with van der Waals surface area (Å²) < 4.78 is 4.15. The van der Waals surface area contributed by atoms with Crippen molar-refractivity contribution in [1.29, 1.82) is 0 Å². The smallest absolute Gasteiger partial charge is 0.332 e. The lowest BCUT2D eigenvalue weighted by atomic mass is 10.7. The van der Waals surface area contributed by atoms with Gasteiger partial charge in [0.15, 0.2) is 0 Å². The van der Waals surface area contributed by atoms with Gasteiger partial charge in [0.2, 0.25) is 0 Å². The lowest BCUT2D eigenvalue weighted by Gasteiger charge is -1.83. The first kappa shape index (κ1) is 6.50. The Morgan fingerprint density at radius 1 is 2.00 bits per heavy atom. The highest BCUT2D eigenvalue weighted by atomic mass is 35.5. The van der Waals surface area contributed by atoms with Gasteiger partial charge in [0.05, 0.1) is 12.6 Å². The maximum absolute atomic E-state index is 9.99. The quantitative estimate of drug-likeness (QED) is 0.376. The van der Waals surface area contributed by atoms with Crippen LogP contribution in [0.15, 0.2) is 6.08 Å². The summed E-state index contributed by atoms with van der Waals surface area (Å²) in [6.45, 7) is 0. The maximum Gasteiger partial charge on any atom is 0.332 e. The first-order valence-corrected chi connectivity index (χ1v) is 1.96. The van der Waals surface area contributed by atoms with E-state index in [0.29, 0.717) is 0 Å². The van der Waals surface area contributed by atoms with Crippen LogP contribution in [0.3, 0.4) is 0 Å². The molecule has 0 fully saturated rings. The van der Waals surface area contributed by atoms with E-state index in [1.54, 1.807) is 0 Å². The Bertz CT molecular complexity index is 87.7. The topological polar surface area (TPSA) is 26.3 Å². The molecule has 0 saturated carbocycles. The number of ether oxygens (including phenoxy) is 1. The van der Waals surface area contributed by atoms with Crippen LogP contribution in [0.25, 0.3) is 0 Å². The van der Waals surface area contributed by atoms with Gasteiger partial charge < -0.3 is 4.74 Å². The van der Waals surface area contributed by atoms with Crippen molar-refractivity contribution in [3.63, 3.8) is 0 Å². The predicted molar refractivity (Wildman–Crippen MR) is 25.7 cm³/mol. The molecule has 0 bridgehead atoms. The third kappa shape index (κ3) is 3.33. The summed E-state index contributed by atoms with van der Waals surface area (Å²) in [7, 11) is 1.27. The van der Waals surface area contributed by atoms with Gasteiger partial charge in [-0.2, -0.15) is 0 Å². The molecule has 0 aliphatic heterocycles. The first-order valence-electron chi connectivity index (χ1n) is 1.58. The molecular weight excluding hydrogens is 115 g/mol. The molecule has 0 heterocycles. The zero-order chi connectivity index (χ0) is 5.70. The van der Waals surface area contributed by atoms with Crippen molar-refractivity contribution in [3.8, 4) is 0 Å². The van der Waals surface area contributed by atoms with Crippen molar-refractivity contribution < 1.29 is 9.53 Å². The Hall–Kier alpha value is -0.500. The fraction of sp³-hybridized carbons (Fsp3) is 0.250. The summed E-state index contributed by atoms with van der Waals surface area (Å²) in [5.41, 5.74) is 1.99. The van der Waals surface area contributed by atoms with Crippen molar-refractivity contribution in [1.82, 2.24) is 0 Å². The molecule has 2 nitrogen and oxygen atoms in total. The molecule has 0 aliphatic carbocycles. The minimum absolute atomic E-state index is 0.491. The second-order valence-corrected chi connectivity index (χ2v) is 0.995. The largest absolute Gasteiger partial charge is 0.466 e. The average Bonchev–Trinajstić information content (AvgIpc) is 1.68. The number of carbonyl (C=O) groups excluding carboxylic acids is 1. The van der Waals surface area contributed by atoms with E-state index in [1.807, 2.05) is 5.54 Å². The number of halogens is 1. The molecule has 0 aromatic heterocycles. The molecule has 0 amide bonds. The van der Waals surface area contributed by atoms with Gasteiger partial charge >= 0.3 is 5.97 Å². The molecule has 0 unspecified atom stereocenters. The van der Waals surface area contributed by atoms with E-state index in [2.05, 4.69) is 4.74 Å². The summed E-state index contributed by atoms with van der Waals surface area (Å²) >= 11 is 4.87. The Morgan fingerprint density at radius 3 is 2.71 bits per heavy atom. The SMILES string of the molecule is COC(=O)/C=[C]/Cl. The van der Waals surface area contributed by atoms with Crippen LogP contribution < -0.4 is 0 Å². The van der Waals surface area contributed by atoms with E-state index >= 15 is 0 Å². The van der Waals surface area contributed by atoms with E-state index in [1.165, 1.54) is 7.11 Å². The summed E-state index contributed by atoms with van der Waals surface area (Å²) in [6, 6.07) is 0. The van der Waals surface area contributed by atoms with E-state index < -0.39 is 5.97 Å². The highest BCUT2D eigenvalue weighted by Crippen LogP contribution is 1.77. The van der Waals surface area contributed by atoms with E-state index in [0.717, 1.165) is 6.08 Å². The highest BCUT2D eigenvalue weighted by Gasteiger charge is 1.85. The number of carbonyl (C=O) groups is 1. The van der Waals surface area contributed by atoms with Gasteiger partial charge in [0.25, 0.3) is 0 Å². The summed E-state index contributed by atoms with van der Waals surface area (Å²) in [5, 5.41) is 0. The molecule has 0 aromatic carbocycles. The summed E-state index contributed by atoms with van der Waals surface area (Å²) in [5.74, 6) is -0.491. The molecule has 0 saturated heterocycles. The van der Waals surface area contributed by atoms with Crippen molar-refractivity contribution in [2.45, 2.75) is 0 Å². The number of esters is 1. The molecule has 39 valence electrons. The Balaban J connectivity index is 3.37. The second-order valence-electron chi connectivity index (χ2n) is 0.777. The lowest BCUT2D eigenvalue weighted by molar-refractivity contribution is -0.134. The summed E-state index contributed by atoms with van der Waals surface area (Å²) in [6.07, 6.45) is 1.00. The van der Waals surface area contributed by atoms with Gasteiger partial charge in [0.1, 0.15) is 0 Å². The molecule has 0 atom stereocenters. The molecule has 0 aromatic rings. The molecule has 1 radical (unpaired) electrons. The van der Waals surface area contributed by atoms with Gasteiger partial charge in [-0.15, -0.1) is 0 Å². The van der Waals surface area contributed by atoms with Gasteiger partial charge in [-0.05, 0) is 0 Å². The predicted octanol–water partition coefficient (Wildman–Crippen LogP) is 0.715. The number of methoxy groups -OCH3 is 1. The van der Waals surface area contributed by atoms with Crippen molar-refractivity contribution in [2.24, 2.45) is 0 Å². The minimum atomic E-state index is -0.491. The highest BCUT2D eigenvalue weighted by molar-refractivity contribution is 6.23. The van der Waals surface area contributed by atoms with Crippen LogP contribution >= 0.6 is 11.6 Å². The molecule has 7 heavy (non-hydrogen) atoms. The maximum atomic E-state index is 9.99. The fourth-order valence-electron chi connectivity index (χ4n) is 0.103. The second kappa shape index (κ2) is 3.68. The molecule has 3 heteroatoms. The van der Waals surface area contributed by atoms with Gasteiger partial charge in [-0.1, -0.05) is 11.6 Å². The van der Waals surface area contributed by atoms with Crippen LogP contribution in [-0.4, -0.2) is 13.1 Å². The standard InChI is InChI=1S/C4H4ClO2/c1-7-4(6)2-3-5/h2H,1H3. The van der Waals surface area contributed by atoms with Crippen LogP contribution in [0, 0.1) is 5.54 Å². The third-order valence-corrected chi connectivity index (χ3v) is 0.483. The van der Waals surface area contributed by atoms with Gasteiger partial charge in [0, 0.05) is 6.08 Å². The van der Waals surface area contributed by atoms with Gasteiger partial charge in [-0.25, -0.2) is 4.79 Å². The Kier molecular flexibility index (Phi) is 3.42. The Morgan fingerprint density at radius 2 is 2.57 bits per heavy atom. The molecule has 0 rings (SSSR count). The monoisotopic (exact) mass is 119 g/mol. The Labute approximate surface area is 46.7 Å². The number of rotatable bonds is 1. The lowest BCUT2D eigenvalue weighted by Crippen LogP contribution is -1.92. The summed E-state index contributed by atoms with van der Waals surface area (Å²) in [4.78, 5) is 9.99. The van der Waals surface area contributed by atoms with Crippen molar-refractivity contribution in [3.05, 3.63) is 11.6 Å². The van der Waals surface area contributed by atoms with Gasteiger partial charge in [-0.3, -0.25) is 0 Å². The van der Waals surface area contributed by atoms with Crippen LogP contribution in [0.5, 0.6) is 0 Å². The van der Waals surface area contributed by atoms with Crippen molar-refractivity contribution >= 4 is 17.6 Å². The van der Waals surface area contributed by atoms with Crippen molar-refractivity contribution in [2.75, 3.05) is 7.11 Å². The number of hydrogen-bond donors (Lipinski definition) is 0. The molecule has 0 spiro atoms. The molecule has 0 N–H and O–H groups in total. The van der Waals surface area contributed by atoms with E-state index in [-0.39, 0.29) is 0 Å². The van der Waals surface area contributed by atoms with E-state index in [9.17, 15) is 4.79 Å². The minimum Gasteiger partial charge on any atom is -0.466 e. The van der Waals surface area contributed by atoms with Crippen LogP contribution in [0.2, 0.25) is 0 Å². The number of hydrogen-bond acceptors (Lipinski definition) is 2. The van der Waals surface area contributed by atoms with Crippen LogP contribution in [0.4, 0.5) is 0 Å². The normalized spacial score (nSPS) is 9.43. The van der Waals surface area contributed by atoms with Crippen LogP contribution in [-0.2, 0) is 9.53 Å². The zero-order valence-electron chi connectivity index (χ0n) is 3.77. The van der Waals surface area contributed by atoms with E-state index in [4.69, 9.17) is 11.6 Å². The zero-order valence-corrected chi connectivity index (χ0v) is 4.53. The average molecular weight is 120 g/mol. The van der Waals surface area contributed by atoms with Crippen LogP contribution in [0.1, 0.15) is 0 Å². The first-order chi connectivity index (χ1) is 3.31. The molecular formula is C4H4ClO2. The molecule has 0 aliphatic rings.